The van der Waals surface area contributed by atoms with Crippen molar-refractivity contribution in [1.29, 1.82) is 0 Å². The van der Waals surface area contributed by atoms with Crippen molar-refractivity contribution in [3.63, 3.8) is 0 Å². The maximum absolute atomic E-state index is 11.9. The summed E-state index contributed by atoms with van der Waals surface area (Å²) in [4.78, 5) is 13.7. The monoisotopic (exact) mass is 354 g/mol. The van der Waals surface area contributed by atoms with E-state index >= 15 is 0 Å². The second-order valence-corrected chi connectivity index (χ2v) is 6.64. The molecule has 0 aliphatic heterocycles. The van der Waals surface area contributed by atoms with Crippen molar-refractivity contribution in [3.8, 4) is 5.75 Å². The Hall–Kier alpha value is -2.09. The van der Waals surface area contributed by atoms with Crippen LogP contribution in [0.2, 0.25) is 5.02 Å². The molecule has 0 unspecified atom stereocenters. The summed E-state index contributed by atoms with van der Waals surface area (Å²) in [7, 11) is -3.77. The van der Waals surface area contributed by atoms with E-state index in [0.29, 0.717) is 10.8 Å². The minimum atomic E-state index is -3.77. The largest absolute Gasteiger partial charge is 0.493 e. The van der Waals surface area contributed by atoms with Gasteiger partial charge < -0.3 is 4.74 Å². The smallest absolute Gasteiger partial charge is 0.257 e. The van der Waals surface area contributed by atoms with Crippen LogP contribution >= 0.6 is 11.6 Å². The summed E-state index contributed by atoms with van der Waals surface area (Å²) < 4.78 is 29.1. The molecule has 0 aliphatic rings. The fraction of sp³-hybridized carbons (Fsp3) is 0.133. The summed E-state index contributed by atoms with van der Waals surface area (Å²) in [5.41, 5.74) is 2.14. The Balaban J connectivity index is 1.76. The number of halogens is 1. The van der Waals surface area contributed by atoms with Gasteiger partial charge in [0.05, 0.1) is 17.9 Å². The van der Waals surface area contributed by atoms with Crippen LogP contribution < -0.4 is 15.0 Å². The molecular weight excluding hydrogens is 340 g/mol. The van der Waals surface area contributed by atoms with E-state index in [0.717, 1.165) is 0 Å². The second kappa shape index (κ2) is 7.96. The summed E-state index contributed by atoms with van der Waals surface area (Å²) in [6.07, 6.45) is -0.0000634. The number of rotatable bonds is 7. The number of sulfonamides is 1. The fourth-order valence-corrected chi connectivity index (χ4v) is 2.65. The molecule has 2 aromatic carbocycles. The van der Waals surface area contributed by atoms with Crippen LogP contribution in [0.1, 0.15) is 6.42 Å². The van der Waals surface area contributed by atoms with E-state index < -0.39 is 15.9 Å². The Morgan fingerprint density at radius 2 is 1.70 bits per heavy atom. The van der Waals surface area contributed by atoms with Gasteiger partial charge in [-0.15, -0.1) is 4.83 Å². The van der Waals surface area contributed by atoms with Gasteiger partial charge in [0.2, 0.25) is 5.91 Å². The number of hydrazine groups is 1. The van der Waals surface area contributed by atoms with E-state index in [1.807, 2.05) is 4.83 Å². The third-order valence-electron chi connectivity index (χ3n) is 2.79. The van der Waals surface area contributed by atoms with Crippen LogP contribution in [0.15, 0.2) is 59.5 Å². The Morgan fingerprint density at radius 1 is 1.04 bits per heavy atom. The summed E-state index contributed by atoms with van der Waals surface area (Å²) in [5.74, 6) is 0.0746. The highest BCUT2D eigenvalue weighted by atomic mass is 35.5. The van der Waals surface area contributed by atoms with Crippen LogP contribution in [0, 0.1) is 0 Å². The summed E-state index contributed by atoms with van der Waals surface area (Å²) in [6.45, 7) is 0.112. The Labute approximate surface area is 139 Å². The molecule has 0 fully saturated rings. The topological polar surface area (TPSA) is 84.5 Å². The number of benzene rings is 2. The van der Waals surface area contributed by atoms with E-state index in [9.17, 15) is 13.2 Å². The van der Waals surface area contributed by atoms with E-state index in [2.05, 4.69) is 5.43 Å². The molecular formula is C15H15ClN2O4S. The molecule has 0 spiro atoms. The molecule has 1 amide bonds. The van der Waals surface area contributed by atoms with Crippen LogP contribution in [-0.2, 0) is 14.8 Å². The molecule has 2 N–H and O–H groups in total. The molecule has 23 heavy (non-hydrogen) atoms. The Kier molecular flexibility index (Phi) is 5.97. The lowest BCUT2D eigenvalue weighted by Crippen LogP contribution is -2.41. The van der Waals surface area contributed by atoms with E-state index in [1.54, 1.807) is 42.5 Å². The maximum atomic E-state index is 11.9. The minimum Gasteiger partial charge on any atom is -0.493 e. The first-order valence-corrected chi connectivity index (χ1v) is 8.57. The molecule has 0 aromatic heterocycles. The van der Waals surface area contributed by atoms with E-state index in [-0.39, 0.29) is 17.9 Å². The van der Waals surface area contributed by atoms with Crippen molar-refractivity contribution in [1.82, 2.24) is 10.3 Å². The first-order chi connectivity index (χ1) is 11.0. The van der Waals surface area contributed by atoms with Crippen LogP contribution in [-0.4, -0.2) is 20.9 Å². The van der Waals surface area contributed by atoms with Crippen molar-refractivity contribution in [3.05, 3.63) is 59.6 Å². The molecule has 0 radical (unpaired) electrons. The van der Waals surface area contributed by atoms with Gasteiger partial charge in [-0.05, 0) is 36.4 Å². The third-order valence-corrected chi connectivity index (χ3v) is 4.31. The number of nitrogens with one attached hydrogen (secondary N) is 2. The van der Waals surface area contributed by atoms with E-state index in [1.165, 1.54) is 12.1 Å². The highest BCUT2D eigenvalue weighted by Gasteiger charge is 2.14. The molecule has 0 saturated carbocycles. The van der Waals surface area contributed by atoms with Crippen LogP contribution in [0.5, 0.6) is 5.75 Å². The fourth-order valence-electron chi connectivity index (χ4n) is 1.64. The zero-order chi connectivity index (χ0) is 16.7. The number of carbonyl (C=O) groups excluding carboxylic acids is 1. The van der Waals surface area contributed by atoms with Crippen molar-refractivity contribution >= 4 is 27.5 Å². The molecule has 6 nitrogen and oxygen atoms in total. The van der Waals surface area contributed by atoms with Gasteiger partial charge in [0.1, 0.15) is 5.75 Å². The lowest BCUT2D eigenvalue weighted by atomic mass is 10.3. The molecule has 0 aliphatic carbocycles. The molecule has 0 heterocycles. The predicted octanol–water partition coefficient (Wildman–Crippen LogP) is 2.12. The van der Waals surface area contributed by atoms with Gasteiger partial charge in [-0.3, -0.25) is 10.2 Å². The Morgan fingerprint density at radius 3 is 2.35 bits per heavy atom. The standard InChI is InChI=1S/C15H15ClN2O4S/c16-12-6-8-13(9-7-12)22-11-10-15(19)17-18-23(20,21)14-4-2-1-3-5-14/h1-9,18H,10-11H2,(H,17,19). The average molecular weight is 355 g/mol. The summed E-state index contributed by atoms with van der Waals surface area (Å²) in [5, 5.41) is 0.588. The third kappa shape index (κ3) is 5.55. The van der Waals surface area contributed by atoms with Crippen LogP contribution in [0.3, 0.4) is 0 Å². The average Bonchev–Trinajstić information content (AvgIpc) is 2.56. The molecule has 8 heteroatoms. The summed E-state index contributed by atoms with van der Waals surface area (Å²) in [6, 6.07) is 14.4. The highest BCUT2D eigenvalue weighted by molar-refractivity contribution is 7.89. The molecule has 0 atom stereocenters. The zero-order valence-electron chi connectivity index (χ0n) is 12.0. The van der Waals surface area contributed by atoms with Crippen molar-refractivity contribution in [2.24, 2.45) is 0 Å². The molecule has 122 valence electrons. The number of hydrogen-bond donors (Lipinski definition) is 2. The van der Waals surface area contributed by atoms with Gasteiger partial charge in [-0.1, -0.05) is 29.8 Å². The number of carbonyl (C=O) groups is 1. The predicted molar refractivity (Wildman–Crippen MR) is 86.5 cm³/mol. The Bertz CT molecular complexity index is 749. The van der Waals surface area contributed by atoms with Crippen molar-refractivity contribution < 1.29 is 17.9 Å². The number of hydrogen-bond acceptors (Lipinski definition) is 4. The zero-order valence-corrected chi connectivity index (χ0v) is 13.6. The van der Waals surface area contributed by atoms with Crippen molar-refractivity contribution in [2.45, 2.75) is 11.3 Å². The first kappa shape index (κ1) is 17.3. The van der Waals surface area contributed by atoms with Gasteiger partial charge >= 0.3 is 0 Å². The van der Waals surface area contributed by atoms with E-state index in [4.69, 9.17) is 16.3 Å². The maximum Gasteiger partial charge on any atom is 0.257 e. The normalized spacial score (nSPS) is 11.0. The van der Waals surface area contributed by atoms with Gasteiger partial charge in [0.15, 0.2) is 0 Å². The molecule has 0 saturated heterocycles. The van der Waals surface area contributed by atoms with Gasteiger partial charge in [0.25, 0.3) is 10.0 Å². The van der Waals surface area contributed by atoms with Crippen LogP contribution in [0.25, 0.3) is 0 Å². The molecule has 2 rings (SSSR count). The van der Waals surface area contributed by atoms with Crippen LogP contribution in [0.4, 0.5) is 0 Å². The summed E-state index contributed by atoms with van der Waals surface area (Å²) >= 11 is 5.75. The molecule has 0 bridgehead atoms. The lowest BCUT2D eigenvalue weighted by Gasteiger charge is -2.09. The van der Waals surface area contributed by atoms with Crippen molar-refractivity contribution in [2.75, 3.05) is 6.61 Å². The highest BCUT2D eigenvalue weighted by Crippen LogP contribution is 2.15. The lowest BCUT2D eigenvalue weighted by molar-refractivity contribution is -0.122. The minimum absolute atomic E-state index is 0.0000634. The number of amides is 1. The SMILES string of the molecule is O=C(CCOc1ccc(Cl)cc1)NNS(=O)(=O)c1ccccc1. The molecule has 2 aromatic rings. The second-order valence-electron chi connectivity index (χ2n) is 4.52. The van der Waals surface area contributed by atoms with Gasteiger partial charge in [-0.2, -0.15) is 0 Å². The quantitative estimate of drug-likeness (QED) is 0.746. The first-order valence-electron chi connectivity index (χ1n) is 6.71. The van der Waals surface area contributed by atoms with Gasteiger partial charge in [0, 0.05) is 5.02 Å². The van der Waals surface area contributed by atoms with Gasteiger partial charge in [-0.25, -0.2) is 8.42 Å². The number of ether oxygens (including phenoxy) is 1.